The van der Waals surface area contributed by atoms with Crippen molar-refractivity contribution in [2.45, 2.75) is 19.3 Å². The number of benzene rings is 1. The fourth-order valence-electron chi connectivity index (χ4n) is 3.67. The van der Waals surface area contributed by atoms with Crippen LogP contribution in [0.3, 0.4) is 0 Å². The van der Waals surface area contributed by atoms with Crippen molar-refractivity contribution in [2.24, 2.45) is 0 Å². The molecule has 4 rings (SSSR count). The van der Waals surface area contributed by atoms with Gasteiger partial charge in [-0.25, -0.2) is 4.98 Å². The molecule has 1 aromatic carbocycles. The van der Waals surface area contributed by atoms with Gasteiger partial charge in [-0.1, -0.05) is 6.07 Å². The summed E-state index contributed by atoms with van der Waals surface area (Å²) in [4.78, 5) is 20.7. The maximum atomic E-state index is 11.4. The van der Waals surface area contributed by atoms with Crippen LogP contribution in [-0.4, -0.2) is 55.1 Å². The molecule has 0 atom stereocenters. The number of fused-ring (bicyclic) bond motifs is 1. The number of rotatable bonds is 6. The van der Waals surface area contributed by atoms with Gasteiger partial charge in [-0.3, -0.25) is 9.69 Å². The SMILES string of the molecule is O=C1CCc2cc(OCCCN3CCN(c4ccccn4)CC3)ccc2N1. The molecule has 0 radical (unpaired) electrons. The smallest absolute Gasteiger partial charge is 0.224 e. The van der Waals surface area contributed by atoms with E-state index in [9.17, 15) is 4.79 Å². The molecule has 27 heavy (non-hydrogen) atoms. The van der Waals surface area contributed by atoms with E-state index < -0.39 is 0 Å². The van der Waals surface area contributed by atoms with Crippen LogP contribution in [0.5, 0.6) is 5.75 Å². The van der Waals surface area contributed by atoms with Gasteiger partial charge >= 0.3 is 0 Å². The summed E-state index contributed by atoms with van der Waals surface area (Å²) in [5, 5.41) is 2.90. The van der Waals surface area contributed by atoms with E-state index in [1.54, 1.807) is 0 Å². The molecule has 0 saturated carbocycles. The van der Waals surface area contributed by atoms with E-state index in [0.29, 0.717) is 13.0 Å². The zero-order chi connectivity index (χ0) is 18.5. The van der Waals surface area contributed by atoms with Crippen LogP contribution in [0.15, 0.2) is 42.6 Å². The molecule has 0 spiro atoms. The summed E-state index contributed by atoms with van der Waals surface area (Å²) in [5.41, 5.74) is 2.09. The summed E-state index contributed by atoms with van der Waals surface area (Å²) in [6.45, 7) is 5.94. The Balaban J connectivity index is 1.17. The Morgan fingerprint density at radius 2 is 1.96 bits per heavy atom. The highest BCUT2D eigenvalue weighted by Gasteiger charge is 2.18. The summed E-state index contributed by atoms with van der Waals surface area (Å²) in [6.07, 6.45) is 4.21. The molecule has 142 valence electrons. The minimum absolute atomic E-state index is 0.0966. The molecule has 1 N–H and O–H groups in total. The predicted octanol–water partition coefficient (Wildman–Crippen LogP) is 2.56. The second kappa shape index (κ2) is 8.39. The molecular formula is C21H26N4O2. The van der Waals surface area contributed by atoms with E-state index in [1.165, 1.54) is 0 Å². The van der Waals surface area contributed by atoms with Gasteiger partial charge in [-0.2, -0.15) is 0 Å². The standard InChI is InChI=1S/C21H26N4O2/c26-21-8-5-17-16-18(6-7-19(17)23-21)27-15-3-10-24-11-13-25(14-12-24)20-4-1-2-9-22-20/h1-2,4,6-7,9,16H,3,5,8,10-15H2,(H,23,26). The van der Waals surface area contributed by atoms with Crippen molar-refractivity contribution in [1.82, 2.24) is 9.88 Å². The van der Waals surface area contributed by atoms with E-state index in [4.69, 9.17) is 4.74 Å². The first kappa shape index (κ1) is 17.8. The number of anilines is 2. The van der Waals surface area contributed by atoms with Crippen LogP contribution in [0, 0.1) is 0 Å². The monoisotopic (exact) mass is 366 g/mol. The minimum atomic E-state index is 0.0966. The number of hydrogen-bond acceptors (Lipinski definition) is 5. The molecule has 0 bridgehead atoms. The second-order valence-corrected chi connectivity index (χ2v) is 7.09. The average molecular weight is 366 g/mol. The number of nitrogens with one attached hydrogen (secondary N) is 1. The Hall–Kier alpha value is -2.60. The second-order valence-electron chi connectivity index (χ2n) is 7.09. The molecule has 6 heteroatoms. The fourth-order valence-corrected chi connectivity index (χ4v) is 3.67. The van der Waals surface area contributed by atoms with Crippen LogP contribution in [0.2, 0.25) is 0 Å². The van der Waals surface area contributed by atoms with Crippen molar-refractivity contribution in [3.63, 3.8) is 0 Å². The third kappa shape index (κ3) is 4.57. The lowest BCUT2D eigenvalue weighted by molar-refractivity contribution is -0.116. The molecular weight excluding hydrogens is 340 g/mol. The molecule has 0 aliphatic carbocycles. The van der Waals surface area contributed by atoms with Crippen LogP contribution in [0.4, 0.5) is 11.5 Å². The largest absolute Gasteiger partial charge is 0.494 e. The molecule has 2 aromatic rings. The van der Waals surface area contributed by atoms with E-state index in [1.807, 2.05) is 30.5 Å². The Bertz CT molecular complexity index is 773. The van der Waals surface area contributed by atoms with Crippen molar-refractivity contribution in [1.29, 1.82) is 0 Å². The number of pyridine rings is 1. The zero-order valence-electron chi connectivity index (χ0n) is 15.6. The first-order valence-corrected chi connectivity index (χ1v) is 9.72. The van der Waals surface area contributed by atoms with Gasteiger partial charge in [0, 0.05) is 51.0 Å². The molecule has 0 unspecified atom stereocenters. The van der Waals surface area contributed by atoms with Gasteiger partial charge in [-0.15, -0.1) is 0 Å². The van der Waals surface area contributed by atoms with Crippen molar-refractivity contribution < 1.29 is 9.53 Å². The van der Waals surface area contributed by atoms with Crippen molar-refractivity contribution in [2.75, 3.05) is 49.5 Å². The molecule has 6 nitrogen and oxygen atoms in total. The molecule has 1 saturated heterocycles. The fraction of sp³-hybridized carbons (Fsp3) is 0.429. The van der Waals surface area contributed by atoms with E-state index in [0.717, 1.165) is 68.4 Å². The first-order valence-electron chi connectivity index (χ1n) is 9.72. The summed E-state index contributed by atoms with van der Waals surface area (Å²) >= 11 is 0. The third-order valence-electron chi connectivity index (χ3n) is 5.21. The maximum Gasteiger partial charge on any atom is 0.224 e. The number of ether oxygens (including phenoxy) is 1. The van der Waals surface area contributed by atoms with Crippen molar-refractivity contribution in [3.05, 3.63) is 48.2 Å². The van der Waals surface area contributed by atoms with Crippen LogP contribution in [0.25, 0.3) is 0 Å². The normalized spacial score (nSPS) is 17.3. The van der Waals surface area contributed by atoms with Crippen LogP contribution >= 0.6 is 0 Å². The Labute approximate surface area is 160 Å². The van der Waals surface area contributed by atoms with Crippen molar-refractivity contribution >= 4 is 17.4 Å². The van der Waals surface area contributed by atoms with Crippen molar-refractivity contribution in [3.8, 4) is 5.75 Å². The molecule has 2 aliphatic rings. The quantitative estimate of drug-likeness (QED) is 0.797. The van der Waals surface area contributed by atoms with E-state index in [2.05, 4.69) is 32.2 Å². The number of carbonyl (C=O) groups is 1. The van der Waals surface area contributed by atoms with Gasteiger partial charge in [0.05, 0.1) is 6.61 Å². The number of carbonyl (C=O) groups excluding carboxylic acids is 1. The highest BCUT2D eigenvalue weighted by atomic mass is 16.5. The lowest BCUT2D eigenvalue weighted by Gasteiger charge is -2.35. The van der Waals surface area contributed by atoms with Crippen LogP contribution < -0.4 is 15.0 Å². The van der Waals surface area contributed by atoms with Gasteiger partial charge in [0.2, 0.25) is 5.91 Å². The Morgan fingerprint density at radius 3 is 2.78 bits per heavy atom. The molecule has 1 amide bonds. The lowest BCUT2D eigenvalue weighted by atomic mass is 10.0. The number of amides is 1. The Kier molecular flexibility index (Phi) is 5.53. The van der Waals surface area contributed by atoms with Gasteiger partial charge in [0.15, 0.2) is 0 Å². The van der Waals surface area contributed by atoms with Gasteiger partial charge in [-0.05, 0) is 48.7 Å². The number of piperazine rings is 1. The zero-order valence-corrected chi connectivity index (χ0v) is 15.6. The Morgan fingerprint density at radius 1 is 1.07 bits per heavy atom. The molecule has 1 fully saturated rings. The predicted molar refractivity (Wildman–Crippen MR) is 106 cm³/mol. The summed E-state index contributed by atoms with van der Waals surface area (Å²) in [7, 11) is 0. The van der Waals surface area contributed by atoms with Gasteiger partial charge < -0.3 is 15.0 Å². The minimum Gasteiger partial charge on any atom is -0.494 e. The summed E-state index contributed by atoms with van der Waals surface area (Å²) in [5.74, 6) is 2.06. The molecule has 1 aromatic heterocycles. The number of hydrogen-bond donors (Lipinski definition) is 1. The molecule has 2 aliphatic heterocycles. The van der Waals surface area contributed by atoms with Gasteiger partial charge in [0.25, 0.3) is 0 Å². The summed E-state index contributed by atoms with van der Waals surface area (Å²) < 4.78 is 5.92. The average Bonchev–Trinajstić information content (AvgIpc) is 2.72. The highest BCUT2D eigenvalue weighted by molar-refractivity contribution is 5.93. The van der Waals surface area contributed by atoms with Gasteiger partial charge in [0.1, 0.15) is 11.6 Å². The highest BCUT2D eigenvalue weighted by Crippen LogP contribution is 2.26. The van der Waals surface area contributed by atoms with E-state index >= 15 is 0 Å². The molecule has 3 heterocycles. The van der Waals surface area contributed by atoms with Crippen LogP contribution in [0.1, 0.15) is 18.4 Å². The maximum absolute atomic E-state index is 11.4. The number of nitrogens with zero attached hydrogens (tertiary/aromatic N) is 3. The lowest BCUT2D eigenvalue weighted by Crippen LogP contribution is -2.47. The van der Waals surface area contributed by atoms with E-state index in [-0.39, 0.29) is 5.91 Å². The first-order chi connectivity index (χ1) is 13.3. The van der Waals surface area contributed by atoms with Crippen LogP contribution in [-0.2, 0) is 11.2 Å². The topological polar surface area (TPSA) is 57.7 Å². The summed E-state index contributed by atoms with van der Waals surface area (Å²) in [6, 6.07) is 12.0. The third-order valence-corrected chi connectivity index (χ3v) is 5.21. The number of aryl methyl sites for hydroxylation is 1. The number of aromatic nitrogens is 1.